The first-order valence-corrected chi connectivity index (χ1v) is 15.1. The zero-order chi connectivity index (χ0) is 29.7. The van der Waals surface area contributed by atoms with Crippen LogP contribution in [0.3, 0.4) is 0 Å². The molecule has 44 heavy (non-hydrogen) atoms. The minimum atomic E-state index is 1.14. The monoisotopic (exact) mass is 563 g/mol. The number of anilines is 3. The largest absolute Gasteiger partial charge is 0.310 e. The van der Waals surface area contributed by atoms with E-state index in [1.165, 1.54) is 49.4 Å². The fraction of sp³-hybridized carbons (Fsp3) is 0.0233. The summed E-state index contributed by atoms with van der Waals surface area (Å²) in [6, 6.07) is 58.4. The molecule has 0 spiro atoms. The predicted molar refractivity (Wildman–Crippen MR) is 191 cm³/mol. The maximum Gasteiger partial charge on any atom is 0.0468 e. The van der Waals surface area contributed by atoms with Crippen molar-refractivity contribution in [3.8, 4) is 0 Å². The number of allylic oxidation sites excluding steroid dienone is 1. The van der Waals surface area contributed by atoms with Crippen LogP contribution in [0.4, 0.5) is 17.1 Å². The lowest BCUT2D eigenvalue weighted by molar-refractivity contribution is 1.29. The summed E-state index contributed by atoms with van der Waals surface area (Å²) in [6.45, 7) is 2.17. The molecule has 0 aliphatic rings. The van der Waals surface area contributed by atoms with Crippen LogP contribution in [0.2, 0.25) is 0 Å². The van der Waals surface area contributed by atoms with E-state index in [4.69, 9.17) is 0 Å². The molecular formula is C43H33N. The quantitative estimate of drug-likeness (QED) is 0.174. The summed E-state index contributed by atoms with van der Waals surface area (Å²) in [5.41, 5.74) is 9.54. The molecule has 1 heteroatoms. The third-order valence-corrected chi connectivity index (χ3v) is 8.10. The van der Waals surface area contributed by atoms with Crippen molar-refractivity contribution in [3.05, 3.63) is 186 Å². The van der Waals surface area contributed by atoms with Crippen LogP contribution >= 0.6 is 0 Å². The van der Waals surface area contributed by atoms with Gasteiger partial charge in [0.25, 0.3) is 0 Å². The maximum atomic E-state index is 2.30. The molecule has 7 aromatic carbocycles. The van der Waals surface area contributed by atoms with E-state index in [0.717, 1.165) is 17.1 Å². The second-order valence-electron chi connectivity index (χ2n) is 11.2. The molecule has 0 amide bonds. The molecule has 0 unspecified atom stereocenters. The lowest BCUT2D eigenvalue weighted by Gasteiger charge is -2.25. The molecule has 0 fully saturated rings. The van der Waals surface area contributed by atoms with Crippen molar-refractivity contribution in [3.63, 3.8) is 0 Å². The van der Waals surface area contributed by atoms with E-state index in [9.17, 15) is 0 Å². The van der Waals surface area contributed by atoms with E-state index < -0.39 is 0 Å². The van der Waals surface area contributed by atoms with Gasteiger partial charge >= 0.3 is 0 Å². The normalized spacial score (nSPS) is 11.8. The fourth-order valence-electron chi connectivity index (χ4n) is 5.80. The highest BCUT2D eigenvalue weighted by Crippen LogP contribution is 2.36. The highest BCUT2D eigenvalue weighted by molar-refractivity contribution is 5.92. The second kappa shape index (κ2) is 12.3. The molecule has 0 aliphatic heterocycles. The third-order valence-electron chi connectivity index (χ3n) is 8.10. The van der Waals surface area contributed by atoms with Crippen LogP contribution in [0.1, 0.15) is 29.2 Å². The van der Waals surface area contributed by atoms with Gasteiger partial charge in [0.05, 0.1) is 0 Å². The van der Waals surface area contributed by atoms with Crippen LogP contribution in [0, 0.1) is 0 Å². The molecule has 7 rings (SSSR count). The number of para-hydroxylation sites is 2. The van der Waals surface area contributed by atoms with Crippen molar-refractivity contribution in [2.75, 3.05) is 4.90 Å². The van der Waals surface area contributed by atoms with Gasteiger partial charge in [-0.3, -0.25) is 0 Å². The third kappa shape index (κ3) is 5.95. The van der Waals surface area contributed by atoms with Gasteiger partial charge in [-0.05, 0) is 111 Å². The number of hydrogen-bond donors (Lipinski definition) is 0. The van der Waals surface area contributed by atoms with Gasteiger partial charge in [0.2, 0.25) is 0 Å². The molecule has 0 aromatic heterocycles. The van der Waals surface area contributed by atoms with Crippen molar-refractivity contribution < 1.29 is 0 Å². The minimum Gasteiger partial charge on any atom is -0.310 e. The summed E-state index contributed by atoms with van der Waals surface area (Å²) in [4.78, 5) is 2.30. The highest BCUT2D eigenvalue weighted by Gasteiger charge is 2.12. The lowest BCUT2D eigenvalue weighted by Crippen LogP contribution is -2.09. The van der Waals surface area contributed by atoms with E-state index in [-0.39, 0.29) is 0 Å². The van der Waals surface area contributed by atoms with Crippen molar-refractivity contribution in [1.29, 1.82) is 0 Å². The van der Waals surface area contributed by atoms with E-state index in [0.29, 0.717) is 0 Å². The maximum absolute atomic E-state index is 2.30. The molecule has 210 valence electrons. The Morgan fingerprint density at radius 2 is 0.841 bits per heavy atom. The van der Waals surface area contributed by atoms with Gasteiger partial charge in [-0.1, -0.05) is 127 Å². The molecular weight excluding hydrogens is 530 g/mol. The highest BCUT2D eigenvalue weighted by atomic mass is 15.1. The summed E-state index contributed by atoms with van der Waals surface area (Å²) in [7, 11) is 0. The fourth-order valence-corrected chi connectivity index (χ4v) is 5.80. The Bertz CT molecular complexity index is 2070. The van der Waals surface area contributed by atoms with Crippen LogP contribution in [-0.4, -0.2) is 0 Å². The summed E-state index contributed by atoms with van der Waals surface area (Å²) < 4.78 is 0. The number of rotatable bonds is 7. The van der Waals surface area contributed by atoms with Crippen molar-refractivity contribution >= 4 is 62.4 Å². The first-order valence-electron chi connectivity index (χ1n) is 15.1. The topological polar surface area (TPSA) is 3.24 Å². The molecule has 0 heterocycles. The number of hydrogen-bond acceptors (Lipinski definition) is 1. The average Bonchev–Trinajstić information content (AvgIpc) is 3.08. The molecule has 1 nitrogen and oxygen atoms in total. The summed E-state index contributed by atoms with van der Waals surface area (Å²) in [5, 5.41) is 4.93. The molecule has 0 radical (unpaired) electrons. The predicted octanol–water partition coefficient (Wildman–Crippen LogP) is 12.2. The first kappa shape index (κ1) is 27.2. The standard InChI is InChI=1S/C43H33N/c1-32(36-11-5-2-6-12-36)27-35-21-24-37-28-33(19-22-38(37)30-35)17-18-34-20-23-40-31-43(26-25-39(40)29-34)44(41-13-7-3-8-14-41)42-15-9-4-10-16-42/h2-31H,1H3/b18-17+,32-27+. The van der Waals surface area contributed by atoms with Gasteiger partial charge in [-0.25, -0.2) is 0 Å². The lowest BCUT2D eigenvalue weighted by atomic mass is 10.0. The van der Waals surface area contributed by atoms with Gasteiger partial charge in [-0.2, -0.15) is 0 Å². The van der Waals surface area contributed by atoms with Crippen LogP contribution < -0.4 is 4.90 Å². The molecule has 0 saturated heterocycles. The SMILES string of the molecule is C/C(=C\c1ccc2cc(/C=C/c3ccc4cc(N(c5ccccc5)c5ccccc5)ccc4c3)ccc2c1)c1ccccc1. The Morgan fingerprint density at radius 3 is 1.39 bits per heavy atom. The number of nitrogens with zero attached hydrogens (tertiary/aromatic N) is 1. The van der Waals surface area contributed by atoms with E-state index >= 15 is 0 Å². The van der Waals surface area contributed by atoms with Gasteiger partial charge in [0.1, 0.15) is 0 Å². The van der Waals surface area contributed by atoms with Crippen LogP contribution in [0.25, 0.3) is 45.3 Å². The Morgan fingerprint density at radius 1 is 0.409 bits per heavy atom. The van der Waals surface area contributed by atoms with E-state index in [1.54, 1.807) is 0 Å². The molecule has 0 aliphatic carbocycles. The Labute approximate surface area is 259 Å². The first-order chi connectivity index (χ1) is 21.7. The Balaban J connectivity index is 1.12. The van der Waals surface area contributed by atoms with Crippen molar-refractivity contribution in [1.82, 2.24) is 0 Å². The smallest absolute Gasteiger partial charge is 0.0468 e. The molecule has 0 atom stereocenters. The summed E-state index contributed by atoms with van der Waals surface area (Å²) >= 11 is 0. The van der Waals surface area contributed by atoms with E-state index in [1.807, 2.05) is 0 Å². The van der Waals surface area contributed by atoms with Gasteiger partial charge in [0.15, 0.2) is 0 Å². The molecule has 0 saturated carbocycles. The molecule has 7 aromatic rings. The second-order valence-corrected chi connectivity index (χ2v) is 11.2. The summed E-state index contributed by atoms with van der Waals surface area (Å²) in [6.07, 6.45) is 6.66. The average molecular weight is 564 g/mol. The Kier molecular flexibility index (Phi) is 7.60. The Hall–Kier alpha value is -5.66. The molecule has 0 N–H and O–H groups in total. The van der Waals surface area contributed by atoms with Crippen LogP contribution in [0.5, 0.6) is 0 Å². The molecule has 0 bridgehead atoms. The zero-order valence-corrected chi connectivity index (χ0v) is 24.8. The van der Waals surface area contributed by atoms with Crippen LogP contribution in [0.15, 0.2) is 164 Å². The minimum absolute atomic E-state index is 1.14. The number of benzene rings is 7. The van der Waals surface area contributed by atoms with Gasteiger partial charge in [0, 0.05) is 17.1 Å². The zero-order valence-electron chi connectivity index (χ0n) is 24.8. The summed E-state index contributed by atoms with van der Waals surface area (Å²) in [5.74, 6) is 0. The van der Waals surface area contributed by atoms with Crippen molar-refractivity contribution in [2.24, 2.45) is 0 Å². The van der Waals surface area contributed by atoms with Gasteiger partial charge < -0.3 is 4.90 Å². The van der Waals surface area contributed by atoms with Crippen molar-refractivity contribution in [2.45, 2.75) is 6.92 Å². The van der Waals surface area contributed by atoms with Gasteiger partial charge in [-0.15, -0.1) is 0 Å². The van der Waals surface area contributed by atoms with E-state index in [2.05, 4.69) is 194 Å². The number of fused-ring (bicyclic) bond motifs is 2. The van der Waals surface area contributed by atoms with Crippen LogP contribution in [-0.2, 0) is 0 Å².